The van der Waals surface area contributed by atoms with Gasteiger partial charge in [-0.3, -0.25) is 0 Å². The molecule has 5 rings (SSSR count). The van der Waals surface area contributed by atoms with Crippen LogP contribution in [0.3, 0.4) is 0 Å². The Hall–Kier alpha value is -4.71. The summed E-state index contributed by atoms with van der Waals surface area (Å²) in [4.78, 5) is 16.7. The molecule has 1 heterocycles. The topological polar surface area (TPSA) is 57.1 Å². The highest BCUT2D eigenvalue weighted by molar-refractivity contribution is 6.12. The quantitative estimate of drug-likeness (QED) is 0.219. The van der Waals surface area contributed by atoms with Crippen molar-refractivity contribution in [2.45, 2.75) is 13.2 Å². The summed E-state index contributed by atoms with van der Waals surface area (Å²) in [5, 5.41) is 0. The summed E-state index contributed by atoms with van der Waals surface area (Å²) in [6, 6.07) is 30.8. The standard InChI is InChI=1S/C30H22FNO4/c31-25-13-7-12-24(18-25)29-32-26(30(33)36-29)16-23-14-15-27(34-19-21-8-3-1-4-9-21)28(17-23)35-20-22-10-5-2-6-11-22/h1-18H,19-20H2/b26-16-. The molecule has 0 aromatic heterocycles. The molecule has 0 atom stereocenters. The van der Waals surface area contributed by atoms with Gasteiger partial charge in [-0.1, -0.05) is 72.8 Å². The fourth-order valence-corrected chi connectivity index (χ4v) is 3.63. The first-order chi connectivity index (χ1) is 17.6. The lowest BCUT2D eigenvalue weighted by Gasteiger charge is -2.14. The van der Waals surface area contributed by atoms with Gasteiger partial charge in [0.2, 0.25) is 5.90 Å². The molecule has 5 nitrogen and oxygen atoms in total. The van der Waals surface area contributed by atoms with Crippen LogP contribution in [0.5, 0.6) is 11.5 Å². The Morgan fingerprint density at radius 1 is 0.750 bits per heavy atom. The summed E-state index contributed by atoms with van der Waals surface area (Å²) < 4.78 is 31.0. The van der Waals surface area contributed by atoms with E-state index in [4.69, 9.17) is 14.2 Å². The number of carbonyl (C=O) groups is 1. The predicted molar refractivity (Wildman–Crippen MR) is 135 cm³/mol. The van der Waals surface area contributed by atoms with E-state index in [1.807, 2.05) is 66.7 Å². The molecule has 1 aliphatic heterocycles. The monoisotopic (exact) mass is 479 g/mol. The lowest BCUT2D eigenvalue weighted by molar-refractivity contribution is -0.129. The van der Waals surface area contributed by atoms with Crippen LogP contribution in [0.15, 0.2) is 114 Å². The van der Waals surface area contributed by atoms with Gasteiger partial charge in [0.25, 0.3) is 0 Å². The molecular weight excluding hydrogens is 457 g/mol. The van der Waals surface area contributed by atoms with Crippen LogP contribution in [0.4, 0.5) is 4.39 Å². The van der Waals surface area contributed by atoms with Gasteiger partial charge in [-0.05, 0) is 53.1 Å². The third-order valence-electron chi connectivity index (χ3n) is 5.44. The van der Waals surface area contributed by atoms with Gasteiger partial charge in [-0.15, -0.1) is 0 Å². The number of benzene rings is 4. The van der Waals surface area contributed by atoms with Gasteiger partial charge in [-0.25, -0.2) is 14.2 Å². The molecule has 1 aliphatic rings. The summed E-state index contributed by atoms with van der Waals surface area (Å²) >= 11 is 0. The Morgan fingerprint density at radius 2 is 1.42 bits per heavy atom. The highest BCUT2D eigenvalue weighted by Gasteiger charge is 2.24. The zero-order valence-corrected chi connectivity index (χ0v) is 19.3. The third-order valence-corrected chi connectivity index (χ3v) is 5.44. The van der Waals surface area contributed by atoms with Crippen molar-refractivity contribution in [2.75, 3.05) is 0 Å². The summed E-state index contributed by atoms with van der Waals surface area (Å²) in [7, 11) is 0. The van der Waals surface area contributed by atoms with Crippen molar-refractivity contribution < 1.29 is 23.4 Å². The van der Waals surface area contributed by atoms with Gasteiger partial charge in [-0.2, -0.15) is 0 Å². The van der Waals surface area contributed by atoms with E-state index in [2.05, 4.69) is 4.99 Å². The van der Waals surface area contributed by atoms with Crippen molar-refractivity contribution in [1.82, 2.24) is 0 Å². The highest BCUT2D eigenvalue weighted by atomic mass is 19.1. The van der Waals surface area contributed by atoms with Crippen molar-refractivity contribution in [3.63, 3.8) is 0 Å². The zero-order chi connectivity index (χ0) is 24.7. The SMILES string of the molecule is O=C1OC(c2cccc(F)c2)=N/C1=C\c1ccc(OCc2ccccc2)c(OCc2ccccc2)c1. The average Bonchev–Trinajstić information content (AvgIpc) is 3.28. The second-order valence-electron chi connectivity index (χ2n) is 8.10. The van der Waals surface area contributed by atoms with E-state index in [1.165, 1.54) is 18.2 Å². The van der Waals surface area contributed by atoms with E-state index >= 15 is 0 Å². The fraction of sp³-hybridized carbons (Fsp3) is 0.0667. The molecule has 0 N–H and O–H groups in total. The van der Waals surface area contributed by atoms with Crippen molar-refractivity contribution >= 4 is 17.9 Å². The van der Waals surface area contributed by atoms with Gasteiger partial charge < -0.3 is 14.2 Å². The van der Waals surface area contributed by atoms with Crippen molar-refractivity contribution in [3.05, 3.63) is 137 Å². The van der Waals surface area contributed by atoms with Crippen LogP contribution >= 0.6 is 0 Å². The summed E-state index contributed by atoms with van der Waals surface area (Å²) in [5.41, 5.74) is 3.23. The molecule has 0 radical (unpaired) electrons. The number of nitrogens with zero attached hydrogens (tertiary/aromatic N) is 1. The van der Waals surface area contributed by atoms with E-state index < -0.39 is 11.8 Å². The normalized spacial score (nSPS) is 13.9. The first kappa shape index (κ1) is 23.1. The minimum Gasteiger partial charge on any atom is -0.485 e. The molecule has 0 fully saturated rings. The van der Waals surface area contributed by atoms with E-state index in [9.17, 15) is 9.18 Å². The lowest BCUT2D eigenvalue weighted by Crippen LogP contribution is -2.05. The Bertz CT molecular complexity index is 1430. The van der Waals surface area contributed by atoms with Crippen LogP contribution in [0.25, 0.3) is 6.08 Å². The molecule has 4 aromatic rings. The Morgan fingerprint density at radius 3 is 2.08 bits per heavy atom. The maximum atomic E-state index is 13.6. The third kappa shape index (κ3) is 5.67. The van der Waals surface area contributed by atoms with Gasteiger partial charge in [0.05, 0.1) is 0 Å². The number of hydrogen-bond acceptors (Lipinski definition) is 5. The molecule has 4 aromatic carbocycles. The van der Waals surface area contributed by atoms with Crippen LogP contribution in [0.1, 0.15) is 22.3 Å². The first-order valence-electron chi connectivity index (χ1n) is 11.4. The predicted octanol–water partition coefficient (Wildman–Crippen LogP) is 6.33. The summed E-state index contributed by atoms with van der Waals surface area (Å²) in [6.07, 6.45) is 1.60. The minimum absolute atomic E-state index is 0.0640. The Kier molecular flexibility index (Phi) is 6.85. The van der Waals surface area contributed by atoms with Gasteiger partial charge in [0.1, 0.15) is 19.0 Å². The van der Waals surface area contributed by atoms with Crippen LogP contribution < -0.4 is 9.47 Å². The molecule has 6 heteroatoms. The van der Waals surface area contributed by atoms with Crippen molar-refractivity contribution in [1.29, 1.82) is 0 Å². The van der Waals surface area contributed by atoms with Gasteiger partial charge >= 0.3 is 5.97 Å². The van der Waals surface area contributed by atoms with Gasteiger partial charge in [0, 0.05) is 5.56 Å². The minimum atomic E-state index is -0.606. The number of rotatable bonds is 8. The average molecular weight is 480 g/mol. The molecule has 0 saturated carbocycles. The fourth-order valence-electron chi connectivity index (χ4n) is 3.63. The van der Waals surface area contributed by atoms with Crippen molar-refractivity contribution in [3.8, 4) is 11.5 Å². The second kappa shape index (κ2) is 10.7. The van der Waals surface area contributed by atoms with Crippen LogP contribution in [-0.4, -0.2) is 11.9 Å². The van der Waals surface area contributed by atoms with E-state index in [-0.39, 0.29) is 11.6 Å². The van der Waals surface area contributed by atoms with Crippen LogP contribution in [-0.2, 0) is 22.7 Å². The molecule has 178 valence electrons. The maximum Gasteiger partial charge on any atom is 0.363 e. The number of hydrogen-bond donors (Lipinski definition) is 0. The molecule has 0 spiro atoms. The largest absolute Gasteiger partial charge is 0.485 e. The second-order valence-corrected chi connectivity index (χ2v) is 8.10. The zero-order valence-electron chi connectivity index (χ0n) is 19.3. The van der Waals surface area contributed by atoms with Crippen LogP contribution in [0, 0.1) is 5.82 Å². The number of carbonyl (C=O) groups excluding carboxylic acids is 1. The van der Waals surface area contributed by atoms with E-state index in [0.29, 0.717) is 35.8 Å². The summed E-state index contributed by atoms with van der Waals surface area (Å²) in [5.74, 6) is 0.134. The number of aliphatic imine (C=N–C) groups is 1. The number of halogens is 1. The number of cyclic esters (lactones) is 1. The molecule has 0 aliphatic carbocycles. The maximum absolute atomic E-state index is 13.6. The molecule has 0 bridgehead atoms. The Balaban J connectivity index is 1.41. The summed E-state index contributed by atoms with van der Waals surface area (Å²) in [6.45, 7) is 0.739. The first-order valence-corrected chi connectivity index (χ1v) is 11.4. The molecule has 36 heavy (non-hydrogen) atoms. The highest BCUT2D eigenvalue weighted by Crippen LogP contribution is 2.31. The van der Waals surface area contributed by atoms with Crippen LogP contribution in [0.2, 0.25) is 0 Å². The molecule has 0 saturated heterocycles. The van der Waals surface area contributed by atoms with Gasteiger partial charge in [0.15, 0.2) is 17.2 Å². The number of ether oxygens (including phenoxy) is 3. The molecule has 0 amide bonds. The Labute approximate surface area is 208 Å². The lowest BCUT2D eigenvalue weighted by atomic mass is 10.1. The smallest absolute Gasteiger partial charge is 0.363 e. The molecule has 0 unspecified atom stereocenters. The van der Waals surface area contributed by atoms with E-state index in [0.717, 1.165) is 11.1 Å². The van der Waals surface area contributed by atoms with E-state index in [1.54, 1.807) is 24.3 Å². The van der Waals surface area contributed by atoms with Crippen molar-refractivity contribution in [2.24, 2.45) is 4.99 Å². The molecular formula is C30H22FNO4. The number of esters is 1.